The van der Waals surface area contributed by atoms with Gasteiger partial charge in [0, 0.05) is 13.2 Å². The van der Waals surface area contributed by atoms with E-state index in [9.17, 15) is 0 Å². The van der Waals surface area contributed by atoms with Crippen LogP contribution in [0.25, 0.3) is 0 Å². The lowest BCUT2D eigenvalue weighted by Crippen LogP contribution is -2.37. The van der Waals surface area contributed by atoms with E-state index in [2.05, 4.69) is 6.58 Å². The Kier molecular flexibility index (Phi) is 3.09. The summed E-state index contributed by atoms with van der Waals surface area (Å²) in [6, 6.07) is 0.144. The van der Waals surface area contributed by atoms with Crippen molar-refractivity contribution in [3.05, 3.63) is 12.7 Å². The SMILES string of the molecule is C=CCC(N)C(OC)C1CC1. The van der Waals surface area contributed by atoms with Crippen LogP contribution in [0.5, 0.6) is 0 Å². The fourth-order valence-corrected chi connectivity index (χ4v) is 1.47. The predicted molar refractivity (Wildman–Crippen MR) is 46.3 cm³/mol. The van der Waals surface area contributed by atoms with Gasteiger partial charge in [0.05, 0.1) is 6.10 Å². The van der Waals surface area contributed by atoms with E-state index in [1.54, 1.807) is 7.11 Å². The third-order valence-electron chi connectivity index (χ3n) is 2.22. The van der Waals surface area contributed by atoms with Crippen LogP contribution in [0.15, 0.2) is 12.7 Å². The molecule has 0 saturated heterocycles. The lowest BCUT2D eigenvalue weighted by Gasteiger charge is -2.20. The van der Waals surface area contributed by atoms with Crippen molar-refractivity contribution in [3.63, 3.8) is 0 Å². The van der Waals surface area contributed by atoms with Crippen LogP contribution in [0, 0.1) is 5.92 Å². The molecule has 2 heteroatoms. The number of hydrogen-bond acceptors (Lipinski definition) is 2. The van der Waals surface area contributed by atoms with Gasteiger partial charge in [0.2, 0.25) is 0 Å². The van der Waals surface area contributed by atoms with E-state index in [0.717, 1.165) is 12.3 Å². The molecule has 0 aromatic carbocycles. The van der Waals surface area contributed by atoms with Gasteiger partial charge < -0.3 is 10.5 Å². The first-order chi connectivity index (χ1) is 5.29. The topological polar surface area (TPSA) is 35.2 Å². The molecule has 1 aliphatic rings. The summed E-state index contributed by atoms with van der Waals surface area (Å²) in [5, 5.41) is 0. The Morgan fingerprint density at radius 1 is 1.73 bits per heavy atom. The van der Waals surface area contributed by atoms with E-state index in [-0.39, 0.29) is 12.1 Å². The molecule has 0 radical (unpaired) electrons. The van der Waals surface area contributed by atoms with Gasteiger partial charge in [0.1, 0.15) is 0 Å². The second-order valence-corrected chi connectivity index (χ2v) is 3.23. The Morgan fingerprint density at radius 3 is 2.73 bits per heavy atom. The molecule has 1 rings (SSSR count). The summed E-state index contributed by atoms with van der Waals surface area (Å²) in [6.45, 7) is 3.66. The van der Waals surface area contributed by atoms with Gasteiger partial charge >= 0.3 is 0 Å². The third-order valence-corrected chi connectivity index (χ3v) is 2.22. The van der Waals surface area contributed by atoms with Crippen molar-refractivity contribution in [1.82, 2.24) is 0 Å². The standard InChI is InChI=1S/C9H17NO/c1-3-4-8(10)9(11-2)7-5-6-7/h3,7-9H,1,4-6,10H2,2H3. The molecular formula is C9H17NO. The van der Waals surface area contributed by atoms with E-state index in [4.69, 9.17) is 10.5 Å². The Balaban J connectivity index is 2.32. The minimum Gasteiger partial charge on any atom is -0.380 e. The summed E-state index contributed by atoms with van der Waals surface area (Å²) >= 11 is 0. The highest BCUT2D eigenvalue weighted by molar-refractivity contribution is 4.91. The van der Waals surface area contributed by atoms with Gasteiger partial charge in [0.25, 0.3) is 0 Å². The number of methoxy groups -OCH3 is 1. The van der Waals surface area contributed by atoms with Crippen molar-refractivity contribution in [2.75, 3.05) is 7.11 Å². The molecule has 11 heavy (non-hydrogen) atoms. The summed E-state index contributed by atoms with van der Waals surface area (Å²) in [7, 11) is 1.74. The van der Waals surface area contributed by atoms with E-state index >= 15 is 0 Å². The maximum Gasteiger partial charge on any atom is 0.0753 e. The van der Waals surface area contributed by atoms with E-state index in [0.29, 0.717) is 0 Å². The molecule has 2 unspecified atom stereocenters. The fourth-order valence-electron chi connectivity index (χ4n) is 1.47. The highest BCUT2D eigenvalue weighted by Gasteiger charge is 2.34. The quantitative estimate of drug-likeness (QED) is 0.608. The van der Waals surface area contributed by atoms with Gasteiger partial charge in [-0.25, -0.2) is 0 Å². The first kappa shape index (κ1) is 8.75. The maximum atomic E-state index is 5.88. The smallest absolute Gasteiger partial charge is 0.0753 e. The van der Waals surface area contributed by atoms with Crippen molar-refractivity contribution in [2.24, 2.45) is 11.7 Å². The number of rotatable bonds is 5. The van der Waals surface area contributed by atoms with Crippen LogP contribution < -0.4 is 5.73 Å². The molecule has 2 atom stereocenters. The van der Waals surface area contributed by atoms with Gasteiger partial charge in [-0.2, -0.15) is 0 Å². The molecular weight excluding hydrogens is 138 g/mol. The van der Waals surface area contributed by atoms with Crippen molar-refractivity contribution in [1.29, 1.82) is 0 Å². The van der Waals surface area contributed by atoms with Crippen LogP contribution in [0.1, 0.15) is 19.3 Å². The number of ether oxygens (including phenoxy) is 1. The normalized spacial score (nSPS) is 22.7. The summed E-state index contributed by atoms with van der Waals surface area (Å²) in [5.41, 5.74) is 5.88. The molecule has 64 valence electrons. The maximum absolute atomic E-state index is 5.88. The van der Waals surface area contributed by atoms with Gasteiger partial charge in [-0.15, -0.1) is 6.58 Å². The van der Waals surface area contributed by atoms with Crippen molar-refractivity contribution in [2.45, 2.75) is 31.4 Å². The second kappa shape index (κ2) is 3.88. The molecule has 2 nitrogen and oxygen atoms in total. The Labute approximate surface area is 68.4 Å². The van der Waals surface area contributed by atoms with Crippen molar-refractivity contribution < 1.29 is 4.74 Å². The van der Waals surface area contributed by atoms with Gasteiger partial charge in [0.15, 0.2) is 0 Å². The van der Waals surface area contributed by atoms with Crippen LogP contribution in [-0.2, 0) is 4.74 Å². The van der Waals surface area contributed by atoms with Crippen molar-refractivity contribution >= 4 is 0 Å². The molecule has 0 aromatic rings. The Hall–Kier alpha value is -0.340. The highest BCUT2D eigenvalue weighted by Crippen LogP contribution is 2.35. The molecule has 1 saturated carbocycles. The molecule has 2 N–H and O–H groups in total. The largest absolute Gasteiger partial charge is 0.380 e. The molecule has 0 bridgehead atoms. The molecule has 0 aliphatic heterocycles. The zero-order chi connectivity index (χ0) is 8.27. The highest BCUT2D eigenvalue weighted by atomic mass is 16.5. The first-order valence-corrected chi connectivity index (χ1v) is 4.19. The number of hydrogen-bond donors (Lipinski definition) is 1. The van der Waals surface area contributed by atoms with Crippen molar-refractivity contribution in [3.8, 4) is 0 Å². The fraction of sp³-hybridized carbons (Fsp3) is 0.778. The average molecular weight is 155 g/mol. The van der Waals surface area contributed by atoms with E-state index < -0.39 is 0 Å². The molecule has 0 heterocycles. The van der Waals surface area contributed by atoms with E-state index in [1.165, 1.54) is 12.8 Å². The van der Waals surface area contributed by atoms with Gasteiger partial charge in [-0.1, -0.05) is 6.08 Å². The van der Waals surface area contributed by atoms with Crippen LogP contribution in [0.2, 0.25) is 0 Å². The molecule has 0 aromatic heterocycles. The minimum atomic E-state index is 0.144. The summed E-state index contributed by atoms with van der Waals surface area (Å²) in [6.07, 6.45) is 5.54. The monoisotopic (exact) mass is 155 g/mol. The van der Waals surface area contributed by atoms with Crippen LogP contribution in [-0.4, -0.2) is 19.3 Å². The molecule has 0 amide bonds. The van der Waals surface area contributed by atoms with E-state index in [1.807, 2.05) is 6.08 Å². The lowest BCUT2D eigenvalue weighted by atomic mass is 10.0. The zero-order valence-corrected chi connectivity index (χ0v) is 7.12. The van der Waals surface area contributed by atoms with Crippen LogP contribution >= 0.6 is 0 Å². The third kappa shape index (κ3) is 2.31. The Bertz CT molecular complexity index is 132. The minimum absolute atomic E-state index is 0.144. The van der Waals surface area contributed by atoms with Crippen LogP contribution in [0.3, 0.4) is 0 Å². The summed E-state index contributed by atoms with van der Waals surface area (Å²) < 4.78 is 5.32. The molecule has 1 aliphatic carbocycles. The van der Waals surface area contributed by atoms with Gasteiger partial charge in [-0.3, -0.25) is 0 Å². The zero-order valence-electron chi connectivity index (χ0n) is 7.12. The first-order valence-electron chi connectivity index (χ1n) is 4.19. The summed E-state index contributed by atoms with van der Waals surface area (Å²) in [5.74, 6) is 0.718. The Morgan fingerprint density at radius 2 is 2.36 bits per heavy atom. The lowest BCUT2D eigenvalue weighted by molar-refractivity contribution is 0.0634. The second-order valence-electron chi connectivity index (χ2n) is 3.23. The predicted octanol–water partition coefficient (Wildman–Crippen LogP) is 1.31. The number of nitrogens with two attached hydrogens (primary N) is 1. The molecule has 1 fully saturated rings. The average Bonchev–Trinajstić information content (AvgIpc) is 2.73. The molecule has 0 spiro atoms. The van der Waals surface area contributed by atoms with Gasteiger partial charge in [-0.05, 0) is 25.2 Å². The summed E-state index contributed by atoms with van der Waals surface area (Å²) in [4.78, 5) is 0. The van der Waals surface area contributed by atoms with Crippen LogP contribution in [0.4, 0.5) is 0 Å².